The average Bonchev–Trinajstić information content (AvgIpc) is 2.73. The minimum Gasteiger partial charge on any atom is -0.399 e. The van der Waals surface area contributed by atoms with E-state index in [0.717, 1.165) is 24.2 Å². The SMILES string of the molecule is Cc1c(N)cccc1CN1CCCC1C(C)C. The van der Waals surface area contributed by atoms with Crippen LogP contribution in [0.2, 0.25) is 0 Å². The number of likely N-dealkylation sites (tertiary alicyclic amines) is 1. The summed E-state index contributed by atoms with van der Waals surface area (Å²) in [6.07, 6.45) is 2.68. The molecular weight excluding hydrogens is 208 g/mol. The molecule has 0 saturated carbocycles. The third-order valence-corrected chi connectivity index (χ3v) is 4.05. The van der Waals surface area contributed by atoms with Gasteiger partial charge in [0.25, 0.3) is 0 Å². The van der Waals surface area contributed by atoms with E-state index >= 15 is 0 Å². The second kappa shape index (κ2) is 5.09. The molecule has 1 aliphatic rings. The minimum absolute atomic E-state index is 0.746. The number of benzene rings is 1. The molecule has 2 nitrogen and oxygen atoms in total. The van der Waals surface area contributed by atoms with Crippen molar-refractivity contribution >= 4 is 5.69 Å². The molecule has 1 unspecified atom stereocenters. The molecule has 0 radical (unpaired) electrons. The third-order valence-electron chi connectivity index (χ3n) is 4.05. The predicted octanol–water partition coefficient (Wildman–Crippen LogP) is 3.20. The Morgan fingerprint density at radius 3 is 2.88 bits per heavy atom. The lowest BCUT2D eigenvalue weighted by Gasteiger charge is -2.28. The molecular formula is C15H24N2. The van der Waals surface area contributed by atoms with Crippen LogP contribution in [-0.2, 0) is 6.54 Å². The Bertz CT molecular complexity index is 385. The lowest BCUT2D eigenvalue weighted by molar-refractivity contribution is 0.198. The first kappa shape index (κ1) is 12.4. The Hall–Kier alpha value is -1.02. The summed E-state index contributed by atoms with van der Waals surface area (Å²) in [4.78, 5) is 2.62. The number of hydrogen-bond acceptors (Lipinski definition) is 2. The molecule has 2 N–H and O–H groups in total. The van der Waals surface area contributed by atoms with Crippen LogP contribution in [0.25, 0.3) is 0 Å². The maximum Gasteiger partial charge on any atom is 0.0346 e. The highest BCUT2D eigenvalue weighted by molar-refractivity contribution is 5.49. The zero-order valence-electron chi connectivity index (χ0n) is 11.2. The number of nitrogens with zero attached hydrogens (tertiary/aromatic N) is 1. The molecule has 0 spiro atoms. The topological polar surface area (TPSA) is 29.3 Å². The van der Waals surface area contributed by atoms with Gasteiger partial charge in [0.2, 0.25) is 0 Å². The Kier molecular flexibility index (Phi) is 3.72. The molecule has 1 aromatic carbocycles. The van der Waals surface area contributed by atoms with Gasteiger partial charge in [0.1, 0.15) is 0 Å². The van der Waals surface area contributed by atoms with E-state index in [1.54, 1.807) is 0 Å². The van der Waals surface area contributed by atoms with Crippen LogP contribution in [0.4, 0.5) is 5.69 Å². The van der Waals surface area contributed by atoms with E-state index in [1.165, 1.54) is 30.5 Å². The Balaban J connectivity index is 2.12. The highest BCUT2D eigenvalue weighted by atomic mass is 15.2. The molecule has 1 aromatic rings. The summed E-state index contributed by atoms with van der Waals surface area (Å²) in [6.45, 7) is 9.08. The van der Waals surface area contributed by atoms with Gasteiger partial charge in [0.05, 0.1) is 0 Å². The van der Waals surface area contributed by atoms with Gasteiger partial charge in [-0.15, -0.1) is 0 Å². The van der Waals surface area contributed by atoms with E-state index in [-0.39, 0.29) is 0 Å². The van der Waals surface area contributed by atoms with Crippen LogP contribution in [0.15, 0.2) is 18.2 Å². The number of nitrogen functional groups attached to an aromatic ring is 1. The first-order valence-electron chi connectivity index (χ1n) is 6.67. The molecule has 0 aliphatic carbocycles. The Labute approximate surface area is 105 Å². The Morgan fingerprint density at radius 2 is 2.18 bits per heavy atom. The molecule has 0 amide bonds. The highest BCUT2D eigenvalue weighted by Gasteiger charge is 2.27. The average molecular weight is 232 g/mol. The lowest BCUT2D eigenvalue weighted by Crippen LogP contribution is -2.33. The Morgan fingerprint density at radius 1 is 1.41 bits per heavy atom. The van der Waals surface area contributed by atoms with Crippen LogP contribution in [0.3, 0.4) is 0 Å². The minimum atomic E-state index is 0.746. The molecule has 0 aromatic heterocycles. The summed E-state index contributed by atoms with van der Waals surface area (Å²) in [5.41, 5.74) is 9.53. The largest absolute Gasteiger partial charge is 0.399 e. The summed E-state index contributed by atoms with van der Waals surface area (Å²) < 4.78 is 0. The molecule has 2 rings (SSSR count). The van der Waals surface area contributed by atoms with Crippen molar-refractivity contribution in [3.05, 3.63) is 29.3 Å². The predicted molar refractivity (Wildman–Crippen MR) is 73.9 cm³/mol. The molecule has 1 heterocycles. The van der Waals surface area contributed by atoms with Gasteiger partial charge in [0, 0.05) is 18.3 Å². The van der Waals surface area contributed by atoms with E-state index in [4.69, 9.17) is 5.73 Å². The molecule has 17 heavy (non-hydrogen) atoms. The van der Waals surface area contributed by atoms with Crippen LogP contribution < -0.4 is 5.73 Å². The summed E-state index contributed by atoms with van der Waals surface area (Å²) in [5, 5.41) is 0. The van der Waals surface area contributed by atoms with Gasteiger partial charge in [-0.05, 0) is 49.4 Å². The molecule has 94 valence electrons. The van der Waals surface area contributed by atoms with Gasteiger partial charge in [-0.1, -0.05) is 26.0 Å². The molecule has 2 heteroatoms. The van der Waals surface area contributed by atoms with E-state index in [9.17, 15) is 0 Å². The standard InChI is InChI=1S/C15H24N2/c1-11(2)15-8-5-9-17(15)10-13-6-4-7-14(16)12(13)3/h4,6-7,11,15H,5,8-10,16H2,1-3H3. The van der Waals surface area contributed by atoms with E-state index < -0.39 is 0 Å². The number of hydrogen-bond donors (Lipinski definition) is 1. The van der Waals surface area contributed by atoms with Crippen molar-refractivity contribution < 1.29 is 0 Å². The van der Waals surface area contributed by atoms with Crippen LogP contribution >= 0.6 is 0 Å². The number of anilines is 1. The monoisotopic (exact) mass is 232 g/mol. The smallest absolute Gasteiger partial charge is 0.0346 e. The van der Waals surface area contributed by atoms with Crippen molar-refractivity contribution in [1.29, 1.82) is 0 Å². The van der Waals surface area contributed by atoms with Gasteiger partial charge >= 0.3 is 0 Å². The second-order valence-corrected chi connectivity index (χ2v) is 5.56. The van der Waals surface area contributed by atoms with E-state index in [1.807, 2.05) is 6.07 Å². The molecule has 0 bridgehead atoms. The van der Waals surface area contributed by atoms with Gasteiger partial charge in [-0.2, -0.15) is 0 Å². The first-order chi connectivity index (χ1) is 8.09. The van der Waals surface area contributed by atoms with Crippen LogP contribution in [0.5, 0.6) is 0 Å². The van der Waals surface area contributed by atoms with Crippen molar-refractivity contribution in [1.82, 2.24) is 4.90 Å². The zero-order valence-corrected chi connectivity index (χ0v) is 11.2. The summed E-state index contributed by atoms with van der Waals surface area (Å²) in [5.74, 6) is 0.749. The summed E-state index contributed by atoms with van der Waals surface area (Å²) in [7, 11) is 0. The molecule has 1 saturated heterocycles. The van der Waals surface area contributed by atoms with Crippen LogP contribution in [0.1, 0.15) is 37.8 Å². The summed E-state index contributed by atoms with van der Waals surface area (Å²) >= 11 is 0. The maximum absolute atomic E-state index is 5.97. The number of rotatable bonds is 3. The van der Waals surface area contributed by atoms with Crippen molar-refractivity contribution in [2.45, 2.75) is 46.2 Å². The molecule has 1 fully saturated rings. The molecule has 1 aliphatic heterocycles. The van der Waals surface area contributed by atoms with Crippen molar-refractivity contribution in [2.24, 2.45) is 5.92 Å². The van der Waals surface area contributed by atoms with Gasteiger partial charge in [0.15, 0.2) is 0 Å². The fourth-order valence-electron chi connectivity index (χ4n) is 2.90. The van der Waals surface area contributed by atoms with Gasteiger partial charge in [-0.3, -0.25) is 4.90 Å². The fraction of sp³-hybridized carbons (Fsp3) is 0.600. The maximum atomic E-state index is 5.97. The zero-order chi connectivity index (χ0) is 12.4. The second-order valence-electron chi connectivity index (χ2n) is 5.56. The van der Waals surface area contributed by atoms with E-state index in [0.29, 0.717) is 0 Å². The summed E-state index contributed by atoms with van der Waals surface area (Å²) in [6, 6.07) is 7.01. The van der Waals surface area contributed by atoms with Gasteiger partial charge < -0.3 is 5.73 Å². The van der Waals surface area contributed by atoms with Crippen LogP contribution in [0, 0.1) is 12.8 Å². The quantitative estimate of drug-likeness (QED) is 0.811. The van der Waals surface area contributed by atoms with Crippen molar-refractivity contribution in [3.63, 3.8) is 0 Å². The third kappa shape index (κ3) is 2.63. The highest BCUT2D eigenvalue weighted by Crippen LogP contribution is 2.27. The van der Waals surface area contributed by atoms with Gasteiger partial charge in [-0.25, -0.2) is 0 Å². The molecule has 1 atom stereocenters. The number of nitrogens with two attached hydrogens (primary N) is 1. The van der Waals surface area contributed by atoms with Crippen molar-refractivity contribution in [2.75, 3.05) is 12.3 Å². The van der Waals surface area contributed by atoms with Crippen LogP contribution in [-0.4, -0.2) is 17.5 Å². The fourth-order valence-corrected chi connectivity index (χ4v) is 2.90. The van der Waals surface area contributed by atoms with Crippen molar-refractivity contribution in [3.8, 4) is 0 Å². The lowest BCUT2D eigenvalue weighted by atomic mass is 10.0. The normalized spacial score (nSPS) is 21.3. The van der Waals surface area contributed by atoms with E-state index in [2.05, 4.69) is 37.8 Å². The first-order valence-corrected chi connectivity index (χ1v) is 6.67.